The summed E-state index contributed by atoms with van der Waals surface area (Å²) < 4.78 is 11.2. The topological polar surface area (TPSA) is 59.5 Å². The van der Waals surface area contributed by atoms with Crippen LogP contribution in [0.5, 0.6) is 11.6 Å². The van der Waals surface area contributed by atoms with Crippen molar-refractivity contribution in [3.05, 3.63) is 42.2 Å². The molecule has 0 amide bonds. The number of aromatic nitrogens is 2. The van der Waals surface area contributed by atoms with Crippen LogP contribution in [-0.4, -0.2) is 49.9 Å². The van der Waals surface area contributed by atoms with E-state index in [0.29, 0.717) is 12.5 Å². The predicted molar refractivity (Wildman–Crippen MR) is 93.9 cm³/mol. The van der Waals surface area contributed by atoms with Crippen LogP contribution in [-0.2, 0) is 6.42 Å². The van der Waals surface area contributed by atoms with E-state index in [-0.39, 0.29) is 0 Å². The van der Waals surface area contributed by atoms with Crippen LogP contribution in [0, 0.1) is 0 Å². The van der Waals surface area contributed by atoms with Crippen LogP contribution in [0.2, 0.25) is 0 Å². The molecule has 3 rings (SSSR count). The van der Waals surface area contributed by atoms with Crippen LogP contribution < -0.4 is 19.7 Å². The zero-order chi connectivity index (χ0) is 16.6. The van der Waals surface area contributed by atoms with Gasteiger partial charge in [-0.25, -0.2) is 9.97 Å². The molecule has 0 unspecified atom stereocenters. The second-order valence-corrected chi connectivity index (χ2v) is 5.73. The number of nitrogens with one attached hydrogen (secondary N) is 1. The number of anilines is 1. The van der Waals surface area contributed by atoms with E-state index in [1.165, 1.54) is 5.56 Å². The number of hydrogen-bond donors (Lipinski definition) is 1. The molecule has 1 fully saturated rings. The van der Waals surface area contributed by atoms with Crippen LogP contribution >= 0.6 is 0 Å². The Kier molecular flexibility index (Phi) is 5.85. The fourth-order valence-corrected chi connectivity index (χ4v) is 2.79. The molecule has 0 spiro atoms. The summed E-state index contributed by atoms with van der Waals surface area (Å²) in [6.07, 6.45) is 5.27. The van der Waals surface area contributed by atoms with Crippen molar-refractivity contribution in [1.82, 2.24) is 15.3 Å². The summed E-state index contributed by atoms with van der Waals surface area (Å²) in [4.78, 5) is 11.0. The van der Waals surface area contributed by atoms with Crippen molar-refractivity contribution in [2.24, 2.45) is 0 Å². The summed E-state index contributed by atoms with van der Waals surface area (Å²) in [6, 6.07) is 8.14. The summed E-state index contributed by atoms with van der Waals surface area (Å²) in [7, 11) is 1.69. The maximum absolute atomic E-state index is 5.90. The number of nitrogens with zero attached hydrogens (tertiary/aromatic N) is 3. The third kappa shape index (κ3) is 4.35. The van der Waals surface area contributed by atoms with Crippen molar-refractivity contribution >= 4 is 5.82 Å². The number of benzene rings is 1. The second-order valence-electron chi connectivity index (χ2n) is 5.73. The van der Waals surface area contributed by atoms with E-state index in [9.17, 15) is 0 Å². The molecule has 1 saturated heterocycles. The molecular formula is C18H24N4O2. The lowest BCUT2D eigenvalue weighted by Gasteiger charge is -2.28. The fraction of sp³-hybridized carbons (Fsp3) is 0.444. The Labute approximate surface area is 142 Å². The first-order chi connectivity index (χ1) is 11.9. The van der Waals surface area contributed by atoms with Gasteiger partial charge >= 0.3 is 0 Å². The van der Waals surface area contributed by atoms with Gasteiger partial charge in [0.15, 0.2) is 5.82 Å². The molecule has 2 heterocycles. The lowest BCUT2D eigenvalue weighted by molar-refractivity contribution is 0.297. The fourth-order valence-electron chi connectivity index (χ4n) is 2.79. The number of ether oxygens (including phenoxy) is 2. The van der Waals surface area contributed by atoms with Crippen molar-refractivity contribution < 1.29 is 9.47 Å². The van der Waals surface area contributed by atoms with E-state index in [2.05, 4.69) is 32.3 Å². The number of methoxy groups -OCH3 is 1. The van der Waals surface area contributed by atoms with Crippen LogP contribution in [0.3, 0.4) is 0 Å². The van der Waals surface area contributed by atoms with Gasteiger partial charge < -0.3 is 19.7 Å². The highest BCUT2D eigenvalue weighted by Crippen LogP contribution is 2.23. The summed E-state index contributed by atoms with van der Waals surface area (Å²) in [6.45, 7) is 4.41. The van der Waals surface area contributed by atoms with Gasteiger partial charge in [-0.15, -0.1) is 0 Å². The maximum atomic E-state index is 5.90. The molecule has 1 aliphatic heterocycles. The Hall–Kier alpha value is -2.34. The summed E-state index contributed by atoms with van der Waals surface area (Å²) in [5.41, 5.74) is 1.25. The number of piperazine rings is 1. The Morgan fingerprint density at radius 1 is 1.17 bits per heavy atom. The van der Waals surface area contributed by atoms with Gasteiger partial charge in [0.2, 0.25) is 0 Å². The molecule has 2 aromatic rings. The summed E-state index contributed by atoms with van der Waals surface area (Å²) in [5, 5.41) is 3.34. The Morgan fingerprint density at radius 2 is 2.00 bits per heavy atom. The molecule has 0 aliphatic carbocycles. The SMILES string of the molecule is COc1cccc(CCCOc2nccnc2N2CCNCC2)c1. The van der Waals surface area contributed by atoms with Gasteiger partial charge in [-0.05, 0) is 30.5 Å². The lowest BCUT2D eigenvalue weighted by atomic mass is 10.1. The average Bonchev–Trinajstić information content (AvgIpc) is 2.66. The van der Waals surface area contributed by atoms with Gasteiger partial charge in [-0.1, -0.05) is 12.1 Å². The van der Waals surface area contributed by atoms with Gasteiger partial charge in [0, 0.05) is 38.6 Å². The molecule has 24 heavy (non-hydrogen) atoms. The molecule has 1 N–H and O–H groups in total. The zero-order valence-corrected chi connectivity index (χ0v) is 14.1. The minimum absolute atomic E-state index is 0.620. The Bertz CT molecular complexity index is 644. The molecule has 1 aromatic carbocycles. The number of hydrogen-bond acceptors (Lipinski definition) is 6. The molecule has 6 nitrogen and oxygen atoms in total. The first kappa shape index (κ1) is 16.5. The van der Waals surface area contributed by atoms with E-state index < -0.39 is 0 Å². The standard InChI is InChI=1S/C18H24N4O2/c1-23-16-6-2-4-15(14-16)5-3-13-24-18-17(20-7-8-21-18)22-11-9-19-10-12-22/h2,4,6-8,14,19H,3,5,9-13H2,1H3. The Morgan fingerprint density at radius 3 is 2.83 bits per heavy atom. The van der Waals surface area contributed by atoms with Crippen molar-refractivity contribution in [3.63, 3.8) is 0 Å². The van der Waals surface area contributed by atoms with Crippen molar-refractivity contribution in [2.75, 3.05) is 44.8 Å². The van der Waals surface area contributed by atoms with E-state index >= 15 is 0 Å². The predicted octanol–water partition coefficient (Wildman–Crippen LogP) is 1.91. The van der Waals surface area contributed by atoms with Crippen LogP contribution in [0.1, 0.15) is 12.0 Å². The molecule has 6 heteroatoms. The van der Waals surface area contributed by atoms with Gasteiger partial charge in [-0.2, -0.15) is 0 Å². The monoisotopic (exact) mass is 328 g/mol. The second kappa shape index (κ2) is 8.49. The average molecular weight is 328 g/mol. The quantitative estimate of drug-likeness (QED) is 0.784. The highest BCUT2D eigenvalue weighted by Gasteiger charge is 2.17. The van der Waals surface area contributed by atoms with Gasteiger partial charge in [0.1, 0.15) is 5.75 Å². The molecule has 128 valence electrons. The lowest BCUT2D eigenvalue weighted by Crippen LogP contribution is -2.44. The molecule has 0 bridgehead atoms. The third-order valence-corrected chi connectivity index (χ3v) is 4.05. The molecular weight excluding hydrogens is 304 g/mol. The van der Waals surface area contributed by atoms with Gasteiger partial charge in [0.25, 0.3) is 5.88 Å². The summed E-state index contributed by atoms with van der Waals surface area (Å²) in [5.74, 6) is 2.37. The highest BCUT2D eigenvalue weighted by atomic mass is 16.5. The first-order valence-electron chi connectivity index (χ1n) is 8.39. The maximum Gasteiger partial charge on any atom is 0.257 e. The van der Waals surface area contributed by atoms with E-state index in [1.807, 2.05) is 12.1 Å². The Balaban J connectivity index is 1.53. The highest BCUT2D eigenvalue weighted by molar-refractivity contribution is 5.48. The molecule has 1 aromatic heterocycles. The van der Waals surface area contributed by atoms with Crippen molar-refractivity contribution in [2.45, 2.75) is 12.8 Å². The van der Waals surface area contributed by atoms with E-state index in [4.69, 9.17) is 9.47 Å². The zero-order valence-electron chi connectivity index (χ0n) is 14.1. The van der Waals surface area contributed by atoms with Crippen molar-refractivity contribution in [3.8, 4) is 11.6 Å². The molecule has 0 atom stereocenters. The van der Waals surface area contributed by atoms with E-state index in [1.54, 1.807) is 19.5 Å². The van der Waals surface area contributed by atoms with Gasteiger partial charge in [-0.3, -0.25) is 0 Å². The largest absolute Gasteiger partial charge is 0.497 e. The third-order valence-electron chi connectivity index (χ3n) is 4.05. The normalized spacial score (nSPS) is 14.5. The smallest absolute Gasteiger partial charge is 0.257 e. The summed E-state index contributed by atoms with van der Waals surface area (Å²) >= 11 is 0. The molecule has 1 aliphatic rings. The van der Waals surface area contributed by atoms with Crippen LogP contribution in [0.15, 0.2) is 36.7 Å². The molecule has 0 saturated carbocycles. The van der Waals surface area contributed by atoms with Crippen LogP contribution in [0.25, 0.3) is 0 Å². The minimum Gasteiger partial charge on any atom is -0.497 e. The van der Waals surface area contributed by atoms with Gasteiger partial charge in [0.05, 0.1) is 13.7 Å². The van der Waals surface area contributed by atoms with E-state index in [0.717, 1.165) is 50.6 Å². The molecule has 0 radical (unpaired) electrons. The number of aryl methyl sites for hydroxylation is 1. The minimum atomic E-state index is 0.620. The first-order valence-corrected chi connectivity index (χ1v) is 8.39. The van der Waals surface area contributed by atoms with Crippen LogP contribution in [0.4, 0.5) is 5.82 Å². The van der Waals surface area contributed by atoms with Crippen molar-refractivity contribution in [1.29, 1.82) is 0 Å². The number of rotatable bonds is 7.